The van der Waals surface area contributed by atoms with Gasteiger partial charge in [0.05, 0.1) is 13.0 Å². The van der Waals surface area contributed by atoms with Gasteiger partial charge in [-0.25, -0.2) is 4.79 Å². The van der Waals surface area contributed by atoms with Crippen molar-refractivity contribution in [3.63, 3.8) is 0 Å². The number of hydrogen-bond donors (Lipinski definition) is 2. The first-order chi connectivity index (χ1) is 16.1. The average Bonchev–Trinajstić information content (AvgIpc) is 2.79. The molecule has 3 N–H and O–H groups in total. The molecule has 0 fully saturated rings. The van der Waals surface area contributed by atoms with Gasteiger partial charge >= 0.3 is 5.97 Å². The Morgan fingerprint density at radius 2 is 1.62 bits per heavy atom. The van der Waals surface area contributed by atoms with Gasteiger partial charge < -0.3 is 15.8 Å². The van der Waals surface area contributed by atoms with Crippen molar-refractivity contribution in [3.8, 4) is 22.3 Å². The summed E-state index contributed by atoms with van der Waals surface area (Å²) < 4.78 is 5.03. The van der Waals surface area contributed by atoms with Crippen molar-refractivity contribution in [1.29, 1.82) is 0 Å². The summed E-state index contributed by atoms with van der Waals surface area (Å²) in [6.45, 7) is 5.18. The Bertz CT molecular complexity index is 1240. The molecule has 2 amide bonds. The van der Waals surface area contributed by atoms with E-state index in [9.17, 15) is 14.4 Å². The van der Waals surface area contributed by atoms with Crippen molar-refractivity contribution in [2.45, 2.75) is 32.7 Å². The zero-order valence-corrected chi connectivity index (χ0v) is 20.1. The highest BCUT2D eigenvalue weighted by Gasteiger charge is 2.30. The first kappa shape index (κ1) is 25.0. The molecular weight excluding hydrogens is 452 g/mol. The number of primary amides is 1. The second-order valence-electron chi connectivity index (χ2n) is 8.41. The van der Waals surface area contributed by atoms with Crippen LogP contribution in [0.5, 0.6) is 0 Å². The van der Waals surface area contributed by atoms with Crippen LogP contribution in [0.1, 0.15) is 36.7 Å². The van der Waals surface area contributed by atoms with Gasteiger partial charge in [0.15, 0.2) is 0 Å². The molecular formula is C27H27ClN2O4. The Kier molecular flexibility index (Phi) is 7.74. The molecule has 0 aliphatic rings. The fourth-order valence-electron chi connectivity index (χ4n) is 3.64. The number of rotatable bonds is 8. The van der Waals surface area contributed by atoms with Crippen LogP contribution < -0.4 is 11.1 Å². The van der Waals surface area contributed by atoms with Gasteiger partial charge in [-0.1, -0.05) is 54.1 Å². The van der Waals surface area contributed by atoms with E-state index in [-0.39, 0.29) is 18.9 Å². The van der Waals surface area contributed by atoms with Gasteiger partial charge in [-0.2, -0.15) is 0 Å². The van der Waals surface area contributed by atoms with E-state index >= 15 is 0 Å². The lowest BCUT2D eigenvalue weighted by molar-refractivity contribution is -0.151. The van der Waals surface area contributed by atoms with Crippen LogP contribution in [0.2, 0.25) is 5.02 Å². The molecule has 0 unspecified atom stereocenters. The van der Waals surface area contributed by atoms with E-state index in [1.54, 1.807) is 45.0 Å². The fourth-order valence-corrected chi connectivity index (χ4v) is 3.81. The number of nitrogens with one attached hydrogen (secondary N) is 1. The van der Waals surface area contributed by atoms with Crippen LogP contribution in [0, 0.1) is 0 Å². The summed E-state index contributed by atoms with van der Waals surface area (Å²) >= 11 is 6.28. The van der Waals surface area contributed by atoms with Crippen LogP contribution in [-0.4, -0.2) is 29.9 Å². The number of hydrogen-bond acceptors (Lipinski definition) is 4. The maximum absolute atomic E-state index is 12.6. The van der Waals surface area contributed by atoms with Gasteiger partial charge in [-0.15, -0.1) is 0 Å². The quantitative estimate of drug-likeness (QED) is 0.455. The minimum atomic E-state index is -1.13. The summed E-state index contributed by atoms with van der Waals surface area (Å²) in [6, 6.07) is 20.1. The summed E-state index contributed by atoms with van der Waals surface area (Å²) in [5.74, 6) is -1.29. The van der Waals surface area contributed by atoms with Crippen molar-refractivity contribution in [1.82, 2.24) is 5.32 Å². The topological polar surface area (TPSA) is 98.5 Å². The van der Waals surface area contributed by atoms with Gasteiger partial charge in [0, 0.05) is 10.6 Å². The zero-order chi connectivity index (χ0) is 24.9. The number of amides is 2. The predicted molar refractivity (Wildman–Crippen MR) is 133 cm³/mol. The van der Waals surface area contributed by atoms with Crippen molar-refractivity contribution in [2.24, 2.45) is 5.73 Å². The van der Waals surface area contributed by atoms with Crippen LogP contribution >= 0.6 is 11.6 Å². The minimum absolute atomic E-state index is 0.0940. The molecule has 3 aromatic rings. The Balaban J connectivity index is 1.91. The molecule has 0 radical (unpaired) electrons. The molecule has 6 nitrogen and oxygen atoms in total. The normalized spacial score (nSPS) is 11.1. The van der Waals surface area contributed by atoms with Gasteiger partial charge in [-0.05, 0) is 72.9 Å². The minimum Gasteiger partial charge on any atom is -0.464 e. The highest BCUT2D eigenvalue weighted by Crippen LogP contribution is 2.35. The standard InChI is InChI=1S/C27H27ClN2O4/c1-4-34-26(33)27(2,3)30-24(31)14-17-7-5-8-18(13-17)22-12-11-21(28)16-23(22)19-9-6-10-20(15-19)25(29)32/h5-13,15-16H,4,14H2,1-3H3,(H2,29,32)(H,30,31). The van der Waals surface area contributed by atoms with E-state index < -0.39 is 17.4 Å². The lowest BCUT2D eigenvalue weighted by Gasteiger charge is -2.23. The molecule has 0 aliphatic heterocycles. The summed E-state index contributed by atoms with van der Waals surface area (Å²) in [4.78, 5) is 36.4. The Morgan fingerprint density at radius 1 is 0.941 bits per heavy atom. The smallest absolute Gasteiger partial charge is 0.331 e. The number of nitrogens with two attached hydrogens (primary N) is 1. The molecule has 0 saturated heterocycles. The third-order valence-corrected chi connectivity index (χ3v) is 5.52. The lowest BCUT2D eigenvalue weighted by Crippen LogP contribution is -2.51. The van der Waals surface area contributed by atoms with Gasteiger partial charge in [0.2, 0.25) is 11.8 Å². The van der Waals surface area contributed by atoms with Gasteiger partial charge in [0.1, 0.15) is 5.54 Å². The molecule has 34 heavy (non-hydrogen) atoms. The second-order valence-corrected chi connectivity index (χ2v) is 8.84. The molecule has 0 saturated carbocycles. The molecule has 0 heterocycles. The van der Waals surface area contributed by atoms with Crippen LogP contribution in [0.4, 0.5) is 0 Å². The SMILES string of the molecule is CCOC(=O)C(C)(C)NC(=O)Cc1cccc(-c2ccc(Cl)cc2-c2cccc(C(N)=O)c2)c1. The maximum Gasteiger partial charge on any atom is 0.331 e. The maximum atomic E-state index is 12.6. The average molecular weight is 479 g/mol. The number of carbonyl (C=O) groups is 3. The third kappa shape index (κ3) is 6.02. The molecule has 0 aliphatic carbocycles. The van der Waals surface area contributed by atoms with E-state index in [2.05, 4.69) is 5.32 Å². The molecule has 3 rings (SSSR count). The summed E-state index contributed by atoms with van der Waals surface area (Å²) in [5.41, 5.74) is 8.91. The Hall–Kier alpha value is -3.64. The number of benzene rings is 3. The first-order valence-corrected chi connectivity index (χ1v) is 11.3. The van der Waals surface area contributed by atoms with Crippen molar-refractivity contribution in [2.75, 3.05) is 6.61 Å². The largest absolute Gasteiger partial charge is 0.464 e. The zero-order valence-electron chi connectivity index (χ0n) is 19.4. The molecule has 7 heteroatoms. The molecule has 0 spiro atoms. The number of halogens is 1. The molecule has 3 aromatic carbocycles. The molecule has 0 atom stereocenters. The third-order valence-electron chi connectivity index (χ3n) is 5.28. The predicted octanol–water partition coefficient (Wildman–Crippen LogP) is 4.77. The molecule has 0 aromatic heterocycles. The van der Waals surface area contributed by atoms with Crippen LogP contribution in [0.25, 0.3) is 22.3 Å². The van der Waals surface area contributed by atoms with Gasteiger partial charge in [0.25, 0.3) is 0 Å². The highest BCUT2D eigenvalue weighted by molar-refractivity contribution is 6.31. The summed E-state index contributed by atoms with van der Waals surface area (Å²) in [7, 11) is 0. The lowest BCUT2D eigenvalue weighted by atomic mass is 9.92. The van der Waals surface area contributed by atoms with Crippen LogP contribution in [0.15, 0.2) is 66.7 Å². The number of carbonyl (C=O) groups excluding carboxylic acids is 3. The van der Waals surface area contributed by atoms with E-state index in [1.165, 1.54) is 0 Å². The molecule has 176 valence electrons. The van der Waals surface area contributed by atoms with E-state index in [4.69, 9.17) is 22.1 Å². The first-order valence-electron chi connectivity index (χ1n) is 10.9. The van der Waals surface area contributed by atoms with Crippen LogP contribution in [0.3, 0.4) is 0 Å². The van der Waals surface area contributed by atoms with Gasteiger partial charge in [-0.3, -0.25) is 9.59 Å². The van der Waals surface area contributed by atoms with E-state index in [1.807, 2.05) is 42.5 Å². The Labute approximate surface area is 204 Å². The fraction of sp³-hybridized carbons (Fsp3) is 0.222. The number of ether oxygens (including phenoxy) is 1. The Morgan fingerprint density at radius 3 is 2.29 bits per heavy atom. The summed E-state index contributed by atoms with van der Waals surface area (Å²) in [6.07, 6.45) is 0.0940. The van der Waals surface area contributed by atoms with Crippen molar-refractivity contribution in [3.05, 3.63) is 82.9 Å². The highest BCUT2D eigenvalue weighted by atomic mass is 35.5. The molecule has 0 bridgehead atoms. The van der Waals surface area contributed by atoms with Crippen LogP contribution in [-0.2, 0) is 20.7 Å². The monoisotopic (exact) mass is 478 g/mol. The van der Waals surface area contributed by atoms with E-state index in [0.717, 1.165) is 27.8 Å². The van der Waals surface area contributed by atoms with Crippen molar-refractivity contribution >= 4 is 29.4 Å². The summed E-state index contributed by atoms with van der Waals surface area (Å²) in [5, 5.41) is 3.29. The van der Waals surface area contributed by atoms with E-state index in [0.29, 0.717) is 10.6 Å². The van der Waals surface area contributed by atoms with Crippen molar-refractivity contribution < 1.29 is 19.1 Å². The second kappa shape index (κ2) is 10.5. The number of esters is 1.